The van der Waals surface area contributed by atoms with Crippen LogP contribution in [0.3, 0.4) is 0 Å². The van der Waals surface area contributed by atoms with Gasteiger partial charge in [-0.05, 0) is 19.8 Å². The van der Waals surface area contributed by atoms with E-state index in [9.17, 15) is 9.90 Å². The number of likely N-dealkylation sites (tertiary alicyclic amines) is 1. The third-order valence-corrected chi connectivity index (χ3v) is 3.27. The van der Waals surface area contributed by atoms with Crippen molar-refractivity contribution in [2.45, 2.75) is 32.3 Å². The quantitative estimate of drug-likeness (QED) is 0.710. The number of hydrogen-bond acceptors (Lipinski definition) is 2. The summed E-state index contributed by atoms with van der Waals surface area (Å²) in [7, 11) is 0. The summed E-state index contributed by atoms with van der Waals surface area (Å²) in [6.07, 6.45) is 1.32. The Hall–Kier alpha value is -0.280. The Morgan fingerprint density at radius 2 is 2.07 bits per heavy atom. The molecule has 1 saturated heterocycles. The second kappa shape index (κ2) is 4.49. The zero-order valence-corrected chi connectivity index (χ0v) is 9.55. The summed E-state index contributed by atoms with van der Waals surface area (Å²) in [5.74, 6) is 0.362. The van der Waals surface area contributed by atoms with E-state index < -0.39 is 5.60 Å². The Morgan fingerprint density at radius 1 is 1.57 bits per heavy atom. The van der Waals surface area contributed by atoms with Crippen LogP contribution in [-0.4, -0.2) is 40.5 Å². The zero-order valence-electron chi connectivity index (χ0n) is 8.79. The van der Waals surface area contributed by atoms with E-state index in [1.165, 1.54) is 0 Å². The van der Waals surface area contributed by atoms with Gasteiger partial charge in [0.25, 0.3) is 0 Å². The average Bonchev–Trinajstić information content (AvgIpc) is 2.15. The molecule has 0 aliphatic carbocycles. The van der Waals surface area contributed by atoms with Gasteiger partial charge in [0, 0.05) is 24.9 Å². The van der Waals surface area contributed by atoms with Crippen molar-refractivity contribution in [1.82, 2.24) is 4.90 Å². The van der Waals surface area contributed by atoms with Crippen LogP contribution in [0.1, 0.15) is 26.7 Å². The Balaban J connectivity index is 2.46. The minimum atomic E-state index is -0.596. The van der Waals surface area contributed by atoms with Crippen LogP contribution >= 0.6 is 11.6 Å². The van der Waals surface area contributed by atoms with E-state index in [2.05, 4.69) is 0 Å². The Bertz CT molecular complexity index is 208. The molecule has 1 atom stereocenters. The lowest BCUT2D eigenvalue weighted by Crippen LogP contribution is -2.47. The van der Waals surface area contributed by atoms with Crippen LogP contribution in [0.25, 0.3) is 0 Å². The molecule has 14 heavy (non-hydrogen) atoms. The molecule has 0 aromatic heterocycles. The number of carbonyl (C=O) groups excluding carboxylic acids is 1. The molecular weight excluding hydrogens is 202 g/mol. The predicted octanol–water partition coefficient (Wildman–Crippen LogP) is 1.23. The molecule has 0 aromatic rings. The van der Waals surface area contributed by atoms with Crippen molar-refractivity contribution in [3.8, 4) is 0 Å². The third-order valence-electron chi connectivity index (χ3n) is 2.81. The van der Waals surface area contributed by atoms with Gasteiger partial charge in [0.2, 0.25) is 5.91 Å². The van der Waals surface area contributed by atoms with Crippen molar-refractivity contribution < 1.29 is 9.90 Å². The molecule has 1 aliphatic rings. The van der Waals surface area contributed by atoms with Gasteiger partial charge in [0.05, 0.1) is 5.60 Å². The first-order valence-corrected chi connectivity index (χ1v) is 5.57. The van der Waals surface area contributed by atoms with Crippen LogP contribution in [0, 0.1) is 5.92 Å². The molecule has 1 rings (SSSR count). The highest BCUT2D eigenvalue weighted by atomic mass is 35.5. The highest BCUT2D eigenvalue weighted by molar-refractivity contribution is 6.19. The number of amides is 1. The van der Waals surface area contributed by atoms with Crippen molar-refractivity contribution in [2.75, 3.05) is 19.0 Å². The van der Waals surface area contributed by atoms with Crippen LogP contribution in [0.5, 0.6) is 0 Å². The molecular formula is C10H18ClNO2. The molecule has 1 unspecified atom stereocenters. The average molecular weight is 220 g/mol. The Kier molecular flexibility index (Phi) is 3.78. The second-order valence-corrected chi connectivity index (χ2v) is 4.69. The van der Waals surface area contributed by atoms with E-state index in [0.29, 0.717) is 31.8 Å². The van der Waals surface area contributed by atoms with E-state index in [0.717, 1.165) is 0 Å². The molecule has 82 valence electrons. The van der Waals surface area contributed by atoms with Gasteiger partial charge < -0.3 is 10.0 Å². The molecule has 0 radical (unpaired) electrons. The number of nitrogens with zero attached hydrogens (tertiary/aromatic N) is 1. The standard InChI is InChI=1S/C10H18ClNO2/c1-8(7-11)9(13)12-5-3-10(2,14)4-6-12/h8,14H,3-7H2,1-2H3. The van der Waals surface area contributed by atoms with Gasteiger partial charge in [0.15, 0.2) is 0 Å². The van der Waals surface area contributed by atoms with Crippen molar-refractivity contribution in [2.24, 2.45) is 5.92 Å². The van der Waals surface area contributed by atoms with Crippen molar-refractivity contribution in [3.05, 3.63) is 0 Å². The molecule has 0 aromatic carbocycles. The summed E-state index contributed by atoms with van der Waals surface area (Å²) in [5.41, 5.74) is -0.596. The molecule has 1 fully saturated rings. The second-order valence-electron chi connectivity index (χ2n) is 4.38. The maximum atomic E-state index is 11.7. The first-order valence-electron chi connectivity index (χ1n) is 5.03. The van der Waals surface area contributed by atoms with E-state index in [1.54, 1.807) is 4.90 Å². The summed E-state index contributed by atoms with van der Waals surface area (Å²) in [6.45, 7) is 4.95. The maximum absolute atomic E-state index is 11.7. The first-order chi connectivity index (χ1) is 6.46. The molecule has 1 amide bonds. The van der Waals surface area contributed by atoms with Gasteiger partial charge in [-0.2, -0.15) is 0 Å². The number of halogens is 1. The minimum absolute atomic E-state index is 0.107. The van der Waals surface area contributed by atoms with E-state index in [-0.39, 0.29) is 11.8 Å². The molecule has 0 bridgehead atoms. The molecule has 0 saturated carbocycles. The van der Waals surface area contributed by atoms with Crippen molar-refractivity contribution in [1.29, 1.82) is 0 Å². The van der Waals surface area contributed by atoms with Crippen molar-refractivity contribution >= 4 is 17.5 Å². The van der Waals surface area contributed by atoms with Crippen LogP contribution in [0.15, 0.2) is 0 Å². The largest absolute Gasteiger partial charge is 0.390 e. The fourth-order valence-electron chi connectivity index (χ4n) is 1.59. The fourth-order valence-corrected chi connectivity index (χ4v) is 1.72. The number of aliphatic hydroxyl groups is 1. The van der Waals surface area contributed by atoms with Crippen LogP contribution in [0.2, 0.25) is 0 Å². The van der Waals surface area contributed by atoms with Gasteiger partial charge >= 0.3 is 0 Å². The van der Waals surface area contributed by atoms with Crippen LogP contribution < -0.4 is 0 Å². The highest BCUT2D eigenvalue weighted by Gasteiger charge is 2.30. The SMILES string of the molecule is CC(CCl)C(=O)N1CCC(C)(O)CC1. The normalized spacial score (nSPS) is 23.3. The number of carbonyl (C=O) groups is 1. The molecule has 0 spiro atoms. The van der Waals surface area contributed by atoms with Gasteiger partial charge in [-0.1, -0.05) is 6.92 Å². The van der Waals surface area contributed by atoms with E-state index in [1.807, 2.05) is 13.8 Å². The Morgan fingerprint density at radius 3 is 2.50 bits per heavy atom. The number of hydrogen-bond donors (Lipinski definition) is 1. The summed E-state index contributed by atoms with van der Waals surface area (Å²) < 4.78 is 0. The number of piperidine rings is 1. The first kappa shape index (κ1) is 11.8. The van der Waals surface area contributed by atoms with Gasteiger partial charge in [-0.3, -0.25) is 4.79 Å². The molecule has 1 aliphatic heterocycles. The predicted molar refractivity (Wildman–Crippen MR) is 56.3 cm³/mol. The lowest BCUT2D eigenvalue weighted by molar-refractivity contribution is -0.138. The summed E-state index contributed by atoms with van der Waals surface area (Å²) in [4.78, 5) is 13.5. The lowest BCUT2D eigenvalue weighted by Gasteiger charge is -2.36. The smallest absolute Gasteiger partial charge is 0.226 e. The topological polar surface area (TPSA) is 40.5 Å². The van der Waals surface area contributed by atoms with Gasteiger partial charge in [-0.15, -0.1) is 11.6 Å². The molecule has 1 heterocycles. The van der Waals surface area contributed by atoms with Crippen LogP contribution in [-0.2, 0) is 4.79 Å². The summed E-state index contributed by atoms with van der Waals surface area (Å²) in [5, 5.41) is 9.71. The molecule has 3 nitrogen and oxygen atoms in total. The summed E-state index contributed by atoms with van der Waals surface area (Å²) in [6, 6.07) is 0. The number of alkyl halides is 1. The van der Waals surface area contributed by atoms with Gasteiger partial charge in [0.1, 0.15) is 0 Å². The summed E-state index contributed by atoms with van der Waals surface area (Å²) >= 11 is 5.63. The molecule has 4 heteroatoms. The number of rotatable bonds is 2. The maximum Gasteiger partial charge on any atom is 0.226 e. The van der Waals surface area contributed by atoms with Crippen molar-refractivity contribution in [3.63, 3.8) is 0 Å². The third kappa shape index (κ3) is 2.85. The minimum Gasteiger partial charge on any atom is -0.390 e. The lowest BCUT2D eigenvalue weighted by atomic mass is 9.93. The van der Waals surface area contributed by atoms with Crippen LogP contribution in [0.4, 0.5) is 0 Å². The zero-order chi connectivity index (χ0) is 10.8. The van der Waals surface area contributed by atoms with E-state index in [4.69, 9.17) is 11.6 Å². The monoisotopic (exact) mass is 219 g/mol. The Labute approximate surface area is 90.0 Å². The highest BCUT2D eigenvalue weighted by Crippen LogP contribution is 2.22. The molecule has 1 N–H and O–H groups in total. The van der Waals surface area contributed by atoms with E-state index >= 15 is 0 Å². The van der Waals surface area contributed by atoms with Gasteiger partial charge in [-0.25, -0.2) is 0 Å². The fraction of sp³-hybridized carbons (Fsp3) is 0.900.